The number of hydrogen-bond acceptors (Lipinski definition) is 2. The zero-order valence-corrected chi connectivity index (χ0v) is 14.6. The lowest BCUT2D eigenvalue weighted by Crippen LogP contribution is -2.01. The van der Waals surface area contributed by atoms with Crippen molar-refractivity contribution in [1.82, 2.24) is 9.97 Å². The summed E-state index contributed by atoms with van der Waals surface area (Å²) >= 11 is 0. The molecule has 4 aromatic rings. The molecule has 0 saturated carbocycles. The Morgan fingerprint density at radius 2 is 1.19 bits per heavy atom. The first kappa shape index (κ1) is 16.8. The van der Waals surface area contributed by atoms with Crippen LogP contribution in [0.2, 0.25) is 0 Å². The van der Waals surface area contributed by atoms with E-state index in [-0.39, 0.29) is 18.0 Å². The highest BCUT2D eigenvalue weighted by Gasteiger charge is 2.04. The number of hydrogen-bond donors (Lipinski definition) is 2. The topological polar surface area (TPSA) is 65.7 Å². The fourth-order valence-corrected chi connectivity index (χ4v) is 3.02. The van der Waals surface area contributed by atoms with Crippen LogP contribution in [0.25, 0.3) is 34.0 Å². The number of aromatic amines is 2. The number of fused-ring (bicyclic) bond motifs is 2. The Bertz CT molecular complexity index is 1100. The zero-order valence-electron chi connectivity index (χ0n) is 14.6. The lowest BCUT2D eigenvalue weighted by molar-refractivity contribution is -0.121. The van der Waals surface area contributed by atoms with Gasteiger partial charge in [-0.2, -0.15) is 0 Å². The summed E-state index contributed by atoms with van der Waals surface area (Å²) in [4.78, 5) is 30.3. The Morgan fingerprint density at radius 1 is 0.704 bits per heavy atom. The van der Waals surface area contributed by atoms with E-state index >= 15 is 0 Å². The van der Waals surface area contributed by atoms with Gasteiger partial charge in [0.25, 0.3) is 0 Å². The van der Waals surface area contributed by atoms with Crippen molar-refractivity contribution in [2.24, 2.45) is 0 Å². The van der Waals surface area contributed by atoms with Gasteiger partial charge in [0.15, 0.2) is 11.6 Å². The van der Waals surface area contributed by atoms with Gasteiger partial charge < -0.3 is 9.97 Å². The van der Waals surface area contributed by atoms with Crippen LogP contribution >= 0.6 is 0 Å². The molecule has 4 heteroatoms. The van der Waals surface area contributed by atoms with Crippen LogP contribution in [0.3, 0.4) is 0 Å². The predicted molar refractivity (Wildman–Crippen MR) is 109 cm³/mol. The molecular formula is C23H18N2O2. The van der Waals surface area contributed by atoms with Crippen molar-refractivity contribution in [2.75, 3.05) is 0 Å². The maximum atomic E-state index is 12.0. The molecule has 0 unspecified atom stereocenters. The average Bonchev–Trinajstić information content (AvgIpc) is 3.32. The van der Waals surface area contributed by atoms with Gasteiger partial charge in [-0.05, 0) is 70.4 Å². The molecule has 2 aromatic carbocycles. The summed E-state index contributed by atoms with van der Waals surface area (Å²) < 4.78 is 0. The standard InChI is InChI=1S/C23H18N2O2/c26-20(5-1-16-3-7-22-18(13-16)9-11-24-22)15-21(27)6-2-17-4-8-23-19(14-17)10-12-25-23/h1-14,24-25H,15H2/b5-1+,6-2+. The molecule has 0 spiro atoms. The second-order valence-electron chi connectivity index (χ2n) is 6.42. The van der Waals surface area contributed by atoms with E-state index in [1.807, 2.05) is 60.9 Å². The van der Waals surface area contributed by atoms with Crippen molar-refractivity contribution in [3.8, 4) is 0 Å². The molecule has 0 aliphatic rings. The number of allylic oxidation sites excluding steroid dienone is 2. The number of H-pyrrole nitrogens is 2. The van der Waals surface area contributed by atoms with Gasteiger partial charge in [0.2, 0.25) is 0 Å². The molecule has 0 fully saturated rings. The smallest absolute Gasteiger partial charge is 0.163 e. The SMILES string of the molecule is O=C(/C=C/c1ccc2[nH]ccc2c1)CC(=O)/C=C/c1ccc2[nH]ccc2c1. The maximum absolute atomic E-state index is 12.0. The zero-order chi connectivity index (χ0) is 18.6. The highest BCUT2D eigenvalue weighted by molar-refractivity contribution is 6.11. The van der Waals surface area contributed by atoms with Crippen LogP contribution in [-0.4, -0.2) is 21.5 Å². The van der Waals surface area contributed by atoms with E-state index in [1.54, 1.807) is 12.2 Å². The summed E-state index contributed by atoms with van der Waals surface area (Å²) in [6.07, 6.45) is 10.0. The van der Waals surface area contributed by atoms with Crippen LogP contribution in [0.5, 0.6) is 0 Å². The monoisotopic (exact) mass is 354 g/mol. The molecule has 0 bridgehead atoms. The van der Waals surface area contributed by atoms with Gasteiger partial charge in [0.05, 0.1) is 6.42 Å². The molecule has 0 aliphatic carbocycles. The van der Waals surface area contributed by atoms with Crippen LogP contribution in [0.4, 0.5) is 0 Å². The highest BCUT2D eigenvalue weighted by atomic mass is 16.1. The number of ketones is 2. The van der Waals surface area contributed by atoms with Crippen LogP contribution in [0, 0.1) is 0 Å². The number of carbonyl (C=O) groups excluding carboxylic acids is 2. The first-order valence-electron chi connectivity index (χ1n) is 8.73. The van der Waals surface area contributed by atoms with E-state index in [9.17, 15) is 9.59 Å². The summed E-state index contributed by atoms with van der Waals surface area (Å²) in [5.74, 6) is -0.417. The lowest BCUT2D eigenvalue weighted by Gasteiger charge is -1.96. The minimum Gasteiger partial charge on any atom is -0.361 e. The van der Waals surface area contributed by atoms with Crippen LogP contribution in [0.15, 0.2) is 73.1 Å². The first-order chi connectivity index (χ1) is 13.2. The molecule has 0 saturated heterocycles. The molecule has 27 heavy (non-hydrogen) atoms. The summed E-state index contributed by atoms with van der Waals surface area (Å²) in [6.45, 7) is 0. The normalized spacial score (nSPS) is 11.9. The lowest BCUT2D eigenvalue weighted by atomic mass is 10.1. The van der Waals surface area contributed by atoms with Crippen LogP contribution in [0.1, 0.15) is 17.5 Å². The van der Waals surface area contributed by atoms with Crippen molar-refractivity contribution in [3.63, 3.8) is 0 Å². The van der Waals surface area contributed by atoms with Gasteiger partial charge in [-0.3, -0.25) is 9.59 Å². The second kappa shape index (κ2) is 7.30. The van der Waals surface area contributed by atoms with Crippen molar-refractivity contribution in [1.29, 1.82) is 0 Å². The average molecular weight is 354 g/mol. The minimum atomic E-state index is -0.208. The van der Waals surface area contributed by atoms with E-state index in [0.717, 1.165) is 32.9 Å². The Kier molecular flexibility index (Phi) is 4.54. The van der Waals surface area contributed by atoms with Gasteiger partial charge in [-0.15, -0.1) is 0 Å². The molecule has 4 rings (SSSR count). The van der Waals surface area contributed by atoms with Crippen molar-refractivity contribution >= 4 is 45.5 Å². The fraction of sp³-hybridized carbons (Fsp3) is 0.0435. The molecule has 2 heterocycles. The van der Waals surface area contributed by atoms with Gasteiger partial charge in [0.1, 0.15) is 0 Å². The van der Waals surface area contributed by atoms with Gasteiger partial charge in [0, 0.05) is 23.4 Å². The molecule has 4 nitrogen and oxygen atoms in total. The number of aromatic nitrogens is 2. The second-order valence-corrected chi connectivity index (χ2v) is 6.42. The van der Waals surface area contributed by atoms with E-state index in [0.29, 0.717) is 0 Å². The summed E-state index contributed by atoms with van der Waals surface area (Å²) in [5, 5.41) is 2.17. The van der Waals surface area contributed by atoms with Gasteiger partial charge in [-0.1, -0.05) is 24.3 Å². The van der Waals surface area contributed by atoms with Crippen LogP contribution < -0.4 is 0 Å². The van der Waals surface area contributed by atoms with E-state index < -0.39 is 0 Å². The molecule has 2 N–H and O–H groups in total. The van der Waals surface area contributed by atoms with Crippen molar-refractivity contribution in [2.45, 2.75) is 6.42 Å². The third kappa shape index (κ3) is 3.96. The predicted octanol–water partition coefficient (Wildman–Crippen LogP) is 4.90. The fourth-order valence-electron chi connectivity index (χ4n) is 3.02. The van der Waals surface area contributed by atoms with E-state index in [1.165, 1.54) is 12.2 Å². The minimum absolute atomic E-state index is 0.133. The van der Waals surface area contributed by atoms with E-state index in [4.69, 9.17) is 0 Å². The first-order valence-corrected chi connectivity index (χ1v) is 8.73. The molecule has 0 atom stereocenters. The number of rotatable bonds is 6. The molecular weight excluding hydrogens is 336 g/mol. The largest absolute Gasteiger partial charge is 0.361 e. The quantitative estimate of drug-likeness (QED) is 0.382. The van der Waals surface area contributed by atoms with Crippen molar-refractivity contribution < 1.29 is 9.59 Å². The molecule has 2 aromatic heterocycles. The maximum Gasteiger partial charge on any atom is 0.163 e. The molecule has 0 aliphatic heterocycles. The summed E-state index contributed by atoms with van der Waals surface area (Å²) in [5.41, 5.74) is 3.96. The Morgan fingerprint density at radius 3 is 1.67 bits per heavy atom. The van der Waals surface area contributed by atoms with Gasteiger partial charge >= 0.3 is 0 Å². The number of carbonyl (C=O) groups is 2. The highest BCUT2D eigenvalue weighted by Crippen LogP contribution is 2.16. The Balaban J connectivity index is 1.37. The summed E-state index contributed by atoms with van der Waals surface area (Å²) in [6, 6.07) is 15.7. The Hall–Kier alpha value is -3.66. The molecule has 132 valence electrons. The van der Waals surface area contributed by atoms with Crippen molar-refractivity contribution in [3.05, 3.63) is 84.2 Å². The number of benzene rings is 2. The summed E-state index contributed by atoms with van der Waals surface area (Å²) in [7, 11) is 0. The number of nitrogens with one attached hydrogen (secondary N) is 2. The molecule has 0 radical (unpaired) electrons. The van der Waals surface area contributed by atoms with Crippen LogP contribution in [-0.2, 0) is 9.59 Å². The van der Waals surface area contributed by atoms with E-state index in [2.05, 4.69) is 9.97 Å². The third-order valence-corrected chi connectivity index (χ3v) is 4.43. The van der Waals surface area contributed by atoms with Gasteiger partial charge in [-0.25, -0.2) is 0 Å². The Labute approximate surface area is 156 Å². The third-order valence-electron chi connectivity index (χ3n) is 4.43. The molecule has 0 amide bonds.